The molecule has 0 bridgehead atoms. The van der Waals surface area contributed by atoms with E-state index in [0.717, 1.165) is 8.44 Å². The van der Waals surface area contributed by atoms with Gasteiger partial charge in [-0.1, -0.05) is 0 Å². The van der Waals surface area contributed by atoms with Gasteiger partial charge in [-0.25, -0.2) is 9.78 Å². The maximum absolute atomic E-state index is 10.7. The Morgan fingerprint density at radius 1 is 1.46 bits per heavy atom. The van der Waals surface area contributed by atoms with Gasteiger partial charge in [-0.3, -0.25) is 0 Å². The molecule has 1 heterocycles. The van der Waals surface area contributed by atoms with E-state index in [9.17, 15) is 4.79 Å². The summed E-state index contributed by atoms with van der Waals surface area (Å²) in [6.07, 6.45) is 3.59. The molecule has 0 saturated heterocycles. The fourth-order valence-corrected chi connectivity index (χ4v) is 0.501. The molecule has 1 amide bonds. The third kappa shape index (κ3) is 6.29. The first-order valence-corrected chi connectivity index (χ1v) is 3.38. The van der Waals surface area contributed by atoms with E-state index in [-0.39, 0.29) is 59.1 Å². The molecule has 0 spiro atoms. The Kier molecular flexibility index (Phi) is 10.8. The average molecular weight is 239 g/mol. The van der Waals surface area contributed by atoms with E-state index in [1.165, 1.54) is 18.7 Å². The summed E-state index contributed by atoms with van der Waals surface area (Å²) in [6.45, 7) is 0. The Morgan fingerprint density at radius 3 is 2.46 bits per heavy atom. The van der Waals surface area contributed by atoms with E-state index >= 15 is 0 Å². The van der Waals surface area contributed by atoms with Crippen LogP contribution in [0.2, 0.25) is 0 Å². The van der Waals surface area contributed by atoms with Crippen molar-refractivity contribution in [2.24, 2.45) is 0 Å². The fraction of sp³-hybridized carbons (Fsp3) is 0. The fourth-order valence-electron chi connectivity index (χ4n) is 0.428. The summed E-state index contributed by atoms with van der Waals surface area (Å²) < 4.78 is 1.86. The van der Waals surface area contributed by atoms with E-state index in [1.54, 1.807) is 0 Å². The van der Waals surface area contributed by atoms with Crippen molar-refractivity contribution in [1.29, 1.82) is 0 Å². The summed E-state index contributed by atoms with van der Waals surface area (Å²) in [5.41, 5.74) is 0. The molecule has 1 rings (SSSR count). The summed E-state index contributed by atoms with van der Waals surface area (Å²) in [4.78, 5) is 19.0. The van der Waals surface area contributed by atoms with E-state index in [4.69, 9.17) is 0 Å². The predicted molar refractivity (Wildman–Crippen MR) is 58.3 cm³/mol. The van der Waals surface area contributed by atoms with Crippen LogP contribution in [-0.2, 0) is 0 Å². The van der Waals surface area contributed by atoms with Crippen LogP contribution < -0.4 is 4.84 Å². The summed E-state index contributed by atoms with van der Waals surface area (Å²) in [7, 11) is 0. The molecule has 0 saturated carbocycles. The second-order valence-corrected chi connectivity index (χ2v) is 2.68. The molecular weight excluding hydrogens is 232 g/mol. The number of imidazole rings is 1. The van der Waals surface area contributed by atoms with Gasteiger partial charge in [-0.05, 0) is 25.6 Å². The van der Waals surface area contributed by atoms with Crippen LogP contribution in [0.25, 0.3) is 0 Å². The number of rotatable bonds is 1. The zero-order valence-corrected chi connectivity index (χ0v) is 7.07. The Morgan fingerprint density at radius 2 is 2.08 bits per heavy atom. The minimum atomic E-state index is -0.699. The second kappa shape index (κ2) is 8.49. The normalized spacial score (nSPS) is 7.85. The molecule has 0 atom stereocenters. The molecule has 0 aromatic carbocycles. The van der Waals surface area contributed by atoms with E-state index in [2.05, 4.69) is 35.5 Å². The summed E-state index contributed by atoms with van der Waals surface area (Å²) in [5.74, 6) is 0. The quantitative estimate of drug-likeness (QED) is 0.494. The molecule has 0 aliphatic carbocycles. The van der Waals surface area contributed by atoms with Crippen LogP contribution in [0, 0.1) is 0 Å². The molecule has 0 unspecified atom stereocenters. The van der Waals surface area contributed by atoms with Gasteiger partial charge in [0.2, 0.25) is 0 Å². The molecular formula is C4H7N3Na2O2S2. The molecule has 0 fully saturated rings. The van der Waals surface area contributed by atoms with Gasteiger partial charge in [-0.15, -0.1) is 0 Å². The number of hydrogen-bond donors (Lipinski definition) is 2. The Bertz CT molecular complexity index is 244. The Hall–Kier alpha value is 1.18. The SMILES string of the molecule is O=C(On1ccnc1)N(S)S.[NaH].[NaH]. The standard InChI is InChI=1S/C4H5N3O2S2.2Na.2H/c8-4(7(10)11)9-6-2-1-5-3-6;;;;/h1-3,10-11H;;;;. The predicted octanol–water partition coefficient (Wildman–Crippen LogP) is -0.874. The van der Waals surface area contributed by atoms with Crippen LogP contribution in [-0.4, -0.2) is 78.6 Å². The average Bonchev–Trinajstić information content (AvgIpc) is 2.39. The van der Waals surface area contributed by atoms with Crippen molar-refractivity contribution >= 4 is 90.8 Å². The van der Waals surface area contributed by atoms with Crippen molar-refractivity contribution in [2.75, 3.05) is 0 Å². The van der Waals surface area contributed by atoms with Crippen molar-refractivity contribution in [3.8, 4) is 0 Å². The monoisotopic (exact) mass is 239 g/mol. The van der Waals surface area contributed by atoms with Crippen molar-refractivity contribution in [3.05, 3.63) is 18.7 Å². The topological polar surface area (TPSA) is 47.4 Å². The van der Waals surface area contributed by atoms with Gasteiger partial charge in [0.15, 0.2) is 0 Å². The minimum absolute atomic E-state index is 0. The first-order chi connectivity index (χ1) is 5.20. The molecule has 13 heavy (non-hydrogen) atoms. The van der Waals surface area contributed by atoms with Gasteiger partial charge >= 0.3 is 65.2 Å². The summed E-state index contributed by atoms with van der Waals surface area (Å²) >= 11 is 7.19. The Labute approximate surface area is 131 Å². The van der Waals surface area contributed by atoms with Crippen molar-refractivity contribution < 1.29 is 9.63 Å². The number of aromatic nitrogens is 2. The van der Waals surface area contributed by atoms with Crippen molar-refractivity contribution in [2.45, 2.75) is 0 Å². The first kappa shape index (κ1) is 16.6. The van der Waals surface area contributed by atoms with Crippen LogP contribution in [0.3, 0.4) is 0 Å². The number of nitrogens with zero attached hydrogens (tertiary/aromatic N) is 3. The van der Waals surface area contributed by atoms with Gasteiger partial charge in [-0.2, -0.15) is 8.44 Å². The third-order valence-electron chi connectivity index (χ3n) is 0.827. The number of amides is 1. The number of carbonyl (C=O) groups excluding carboxylic acids is 1. The van der Waals surface area contributed by atoms with Gasteiger partial charge in [0.05, 0.1) is 6.20 Å². The van der Waals surface area contributed by atoms with Crippen LogP contribution in [0.4, 0.5) is 4.79 Å². The van der Waals surface area contributed by atoms with Crippen molar-refractivity contribution in [3.63, 3.8) is 0 Å². The molecule has 64 valence electrons. The summed E-state index contributed by atoms with van der Waals surface area (Å²) in [5, 5.41) is 0. The molecule has 0 aliphatic heterocycles. The number of carbonyl (C=O) groups is 1. The van der Waals surface area contributed by atoms with E-state index in [1.807, 2.05) is 0 Å². The second-order valence-electron chi connectivity index (χ2n) is 1.57. The van der Waals surface area contributed by atoms with E-state index < -0.39 is 6.09 Å². The van der Waals surface area contributed by atoms with Gasteiger partial charge < -0.3 is 4.84 Å². The molecule has 0 radical (unpaired) electrons. The van der Waals surface area contributed by atoms with Crippen molar-refractivity contribution in [1.82, 2.24) is 13.4 Å². The number of hydrogen-bond acceptors (Lipinski definition) is 5. The summed E-state index contributed by atoms with van der Waals surface area (Å²) in [6, 6.07) is 0. The molecule has 9 heteroatoms. The van der Waals surface area contributed by atoms with Crippen LogP contribution in [0.1, 0.15) is 0 Å². The third-order valence-corrected chi connectivity index (χ3v) is 1.15. The first-order valence-electron chi connectivity index (χ1n) is 2.58. The van der Waals surface area contributed by atoms with E-state index in [0.29, 0.717) is 0 Å². The molecule has 1 aromatic rings. The van der Waals surface area contributed by atoms with Gasteiger partial charge in [0.25, 0.3) is 0 Å². The molecule has 0 N–H and O–H groups in total. The van der Waals surface area contributed by atoms with Crippen LogP contribution in [0.15, 0.2) is 18.7 Å². The van der Waals surface area contributed by atoms with Crippen LogP contribution in [0.5, 0.6) is 0 Å². The zero-order valence-electron chi connectivity index (χ0n) is 5.28. The Balaban J connectivity index is 0. The molecule has 0 aliphatic rings. The van der Waals surface area contributed by atoms with Crippen LogP contribution >= 0.6 is 25.6 Å². The maximum atomic E-state index is 10.7. The molecule has 1 aromatic heterocycles. The van der Waals surface area contributed by atoms with Gasteiger partial charge in [0, 0.05) is 6.20 Å². The zero-order chi connectivity index (χ0) is 8.27. The van der Waals surface area contributed by atoms with Gasteiger partial charge in [0.1, 0.15) is 6.33 Å². The molecule has 5 nitrogen and oxygen atoms in total. The number of thiol groups is 2.